The van der Waals surface area contributed by atoms with Crippen LogP contribution in [0.25, 0.3) is 10.2 Å². The molecule has 1 atom stereocenters. The number of fused-ring (bicyclic) bond motifs is 2. The SMILES string of the molecule is O=C(Nc1nc2cc3c(cc2s1)OCCO3)C1CC(=O)N(Cc2ccccc2Cl)C1. The maximum absolute atomic E-state index is 12.8. The third kappa shape index (κ3) is 3.68. The number of hydrogen-bond donors (Lipinski definition) is 1. The van der Waals surface area contributed by atoms with E-state index < -0.39 is 5.92 Å². The topological polar surface area (TPSA) is 80.8 Å². The fraction of sp³-hybridized carbons (Fsp3) is 0.286. The lowest BCUT2D eigenvalue weighted by Crippen LogP contribution is -2.28. The van der Waals surface area contributed by atoms with E-state index in [0.717, 1.165) is 15.8 Å². The molecule has 0 radical (unpaired) electrons. The number of thiazole rings is 1. The molecule has 2 aliphatic rings. The lowest BCUT2D eigenvalue weighted by Gasteiger charge is -2.17. The maximum atomic E-state index is 12.8. The first-order valence-corrected chi connectivity index (χ1v) is 10.8. The number of likely N-dealkylation sites (tertiary alicyclic amines) is 1. The van der Waals surface area contributed by atoms with Gasteiger partial charge in [0, 0.05) is 36.7 Å². The summed E-state index contributed by atoms with van der Waals surface area (Å²) in [5.74, 6) is 0.662. The van der Waals surface area contributed by atoms with E-state index in [2.05, 4.69) is 10.3 Å². The summed E-state index contributed by atoms with van der Waals surface area (Å²) in [7, 11) is 0. The minimum Gasteiger partial charge on any atom is -0.486 e. The van der Waals surface area contributed by atoms with E-state index in [1.165, 1.54) is 11.3 Å². The Bertz CT molecular complexity index is 1110. The molecule has 1 N–H and O–H groups in total. The quantitative estimate of drug-likeness (QED) is 0.664. The van der Waals surface area contributed by atoms with Gasteiger partial charge in [0.15, 0.2) is 16.6 Å². The number of rotatable bonds is 4. The number of benzene rings is 2. The van der Waals surface area contributed by atoms with Crippen molar-refractivity contribution in [2.45, 2.75) is 13.0 Å². The summed E-state index contributed by atoms with van der Waals surface area (Å²) in [6.45, 7) is 1.78. The third-order valence-corrected chi connectivity index (χ3v) is 6.49. The van der Waals surface area contributed by atoms with Gasteiger partial charge in [-0.25, -0.2) is 4.98 Å². The largest absolute Gasteiger partial charge is 0.486 e. The number of nitrogens with one attached hydrogen (secondary N) is 1. The van der Waals surface area contributed by atoms with Crippen LogP contribution in [0.3, 0.4) is 0 Å². The number of aromatic nitrogens is 1. The molecule has 1 fully saturated rings. The molecule has 1 unspecified atom stereocenters. The van der Waals surface area contributed by atoms with Crippen molar-refractivity contribution in [1.82, 2.24) is 9.88 Å². The van der Waals surface area contributed by atoms with Crippen LogP contribution >= 0.6 is 22.9 Å². The molecular weight excluding hydrogens is 426 g/mol. The number of nitrogens with zero attached hydrogens (tertiary/aromatic N) is 2. The van der Waals surface area contributed by atoms with Crippen LogP contribution in [0.1, 0.15) is 12.0 Å². The minimum atomic E-state index is -0.424. The molecule has 0 spiro atoms. The molecule has 1 saturated heterocycles. The minimum absolute atomic E-state index is 0.0543. The van der Waals surface area contributed by atoms with Crippen LogP contribution in [0, 0.1) is 5.92 Å². The zero-order valence-electron chi connectivity index (χ0n) is 15.9. The summed E-state index contributed by atoms with van der Waals surface area (Å²) in [5.41, 5.74) is 1.61. The zero-order valence-corrected chi connectivity index (χ0v) is 17.5. The Morgan fingerprint density at radius 2 is 2.00 bits per heavy atom. The van der Waals surface area contributed by atoms with E-state index in [4.69, 9.17) is 21.1 Å². The van der Waals surface area contributed by atoms with Crippen LogP contribution in [-0.4, -0.2) is 41.5 Å². The molecule has 3 aromatic rings. The molecule has 0 saturated carbocycles. The molecule has 2 aliphatic heterocycles. The Hall–Kier alpha value is -2.84. The van der Waals surface area contributed by atoms with Gasteiger partial charge in [0.2, 0.25) is 11.8 Å². The predicted molar refractivity (Wildman–Crippen MR) is 114 cm³/mol. The van der Waals surface area contributed by atoms with Gasteiger partial charge in [0.25, 0.3) is 0 Å². The van der Waals surface area contributed by atoms with Crippen molar-refractivity contribution < 1.29 is 19.1 Å². The van der Waals surface area contributed by atoms with Gasteiger partial charge in [-0.15, -0.1) is 0 Å². The molecule has 0 aliphatic carbocycles. The first-order chi connectivity index (χ1) is 14.6. The summed E-state index contributed by atoms with van der Waals surface area (Å²) in [6.07, 6.45) is 0.178. The molecule has 154 valence electrons. The number of carbonyl (C=O) groups excluding carboxylic acids is 2. The fourth-order valence-corrected chi connectivity index (χ4v) is 4.73. The number of halogens is 1. The monoisotopic (exact) mass is 443 g/mol. The van der Waals surface area contributed by atoms with Gasteiger partial charge in [-0.3, -0.25) is 9.59 Å². The second-order valence-corrected chi connectivity index (χ2v) is 8.68. The number of hydrogen-bond acceptors (Lipinski definition) is 6. The highest BCUT2D eigenvalue weighted by atomic mass is 35.5. The van der Waals surface area contributed by atoms with Crippen molar-refractivity contribution >= 4 is 50.1 Å². The first kappa shape index (κ1) is 19.1. The zero-order chi connectivity index (χ0) is 20.7. The maximum Gasteiger partial charge on any atom is 0.231 e. The van der Waals surface area contributed by atoms with Crippen molar-refractivity contribution in [1.29, 1.82) is 0 Å². The Morgan fingerprint density at radius 3 is 2.80 bits per heavy atom. The molecule has 2 aromatic carbocycles. The lowest BCUT2D eigenvalue weighted by atomic mass is 10.1. The predicted octanol–water partition coefficient (Wildman–Crippen LogP) is 3.71. The fourth-order valence-electron chi connectivity index (χ4n) is 3.66. The van der Waals surface area contributed by atoms with Crippen LogP contribution in [0.2, 0.25) is 5.02 Å². The Balaban J connectivity index is 1.27. The standard InChI is InChI=1S/C21H18ClN3O4S/c22-14-4-2-1-3-12(14)10-25-11-13(7-19(25)26)20(27)24-21-23-15-8-16-17(9-18(15)30-21)29-6-5-28-16/h1-4,8-9,13H,5-7,10-11H2,(H,23,24,27). The van der Waals surface area contributed by atoms with E-state index in [0.29, 0.717) is 48.0 Å². The summed E-state index contributed by atoms with van der Waals surface area (Å²) in [5, 5.41) is 3.97. The van der Waals surface area contributed by atoms with Crippen LogP contribution in [0.15, 0.2) is 36.4 Å². The molecule has 1 aromatic heterocycles. The Morgan fingerprint density at radius 1 is 1.23 bits per heavy atom. The number of ether oxygens (including phenoxy) is 2. The van der Waals surface area contributed by atoms with Crippen molar-refractivity contribution in [3.8, 4) is 11.5 Å². The highest BCUT2D eigenvalue weighted by molar-refractivity contribution is 7.22. The van der Waals surface area contributed by atoms with E-state index in [1.807, 2.05) is 30.3 Å². The number of anilines is 1. The third-order valence-electron chi connectivity index (χ3n) is 5.19. The van der Waals surface area contributed by atoms with Gasteiger partial charge >= 0.3 is 0 Å². The highest BCUT2D eigenvalue weighted by Gasteiger charge is 2.35. The number of amides is 2. The Labute approximate surface area is 181 Å². The molecule has 3 heterocycles. The highest BCUT2D eigenvalue weighted by Crippen LogP contribution is 2.38. The summed E-state index contributed by atoms with van der Waals surface area (Å²) in [6, 6.07) is 11.1. The van der Waals surface area contributed by atoms with E-state index in [1.54, 1.807) is 11.0 Å². The molecule has 2 amide bonds. The van der Waals surface area contributed by atoms with E-state index >= 15 is 0 Å². The van der Waals surface area contributed by atoms with Gasteiger partial charge in [0.05, 0.1) is 16.1 Å². The average Bonchev–Trinajstić information content (AvgIpc) is 3.30. The second kappa shape index (κ2) is 7.77. The van der Waals surface area contributed by atoms with E-state index in [9.17, 15) is 9.59 Å². The van der Waals surface area contributed by atoms with E-state index in [-0.39, 0.29) is 18.2 Å². The summed E-state index contributed by atoms with van der Waals surface area (Å²) in [4.78, 5) is 31.3. The van der Waals surface area contributed by atoms with Gasteiger partial charge in [0.1, 0.15) is 13.2 Å². The van der Waals surface area contributed by atoms with Crippen molar-refractivity contribution in [2.24, 2.45) is 5.92 Å². The average molecular weight is 444 g/mol. The van der Waals surface area contributed by atoms with Crippen molar-refractivity contribution in [3.63, 3.8) is 0 Å². The summed E-state index contributed by atoms with van der Waals surface area (Å²) >= 11 is 7.57. The molecule has 9 heteroatoms. The molecule has 7 nitrogen and oxygen atoms in total. The molecule has 5 rings (SSSR count). The number of carbonyl (C=O) groups is 2. The van der Waals surface area contributed by atoms with Crippen LogP contribution in [0.4, 0.5) is 5.13 Å². The van der Waals surface area contributed by atoms with Crippen LogP contribution < -0.4 is 14.8 Å². The normalized spacial score (nSPS) is 18.1. The van der Waals surface area contributed by atoms with Crippen LogP contribution in [0.5, 0.6) is 11.5 Å². The van der Waals surface area contributed by atoms with Gasteiger partial charge in [-0.05, 0) is 11.6 Å². The van der Waals surface area contributed by atoms with Gasteiger partial charge in [-0.2, -0.15) is 0 Å². The second-order valence-electron chi connectivity index (χ2n) is 7.24. The lowest BCUT2D eigenvalue weighted by molar-refractivity contribution is -0.128. The van der Waals surface area contributed by atoms with Gasteiger partial charge in [-0.1, -0.05) is 41.1 Å². The molecule has 0 bridgehead atoms. The van der Waals surface area contributed by atoms with Crippen molar-refractivity contribution in [2.75, 3.05) is 25.1 Å². The molecule has 30 heavy (non-hydrogen) atoms. The summed E-state index contributed by atoms with van der Waals surface area (Å²) < 4.78 is 12.1. The first-order valence-electron chi connectivity index (χ1n) is 9.59. The van der Waals surface area contributed by atoms with Gasteiger partial charge < -0.3 is 19.7 Å². The van der Waals surface area contributed by atoms with Crippen LogP contribution in [-0.2, 0) is 16.1 Å². The van der Waals surface area contributed by atoms with Crippen molar-refractivity contribution in [3.05, 3.63) is 47.0 Å². The molecular formula is C21H18ClN3O4S. The smallest absolute Gasteiger partial charge is 0.231 e. The Kier molecular flexibility index (Phi) is 4.96.